The first-order valence-corrected chi connectivity index (χ1v) is 10.5. The van der Waals surface area contributed by atoms with E-state index in [0.29, 0.717) is 5.56 Å². The first-order chi connectivity index (χ1) is 14.8. The summed E-state index contributed by atoms with van der Waals surface area (Å²) >= 11 is 0. The normalized spacial score (nSPS) is 11.3. The summed E-state index contributed by atoms with van der Waals surface area (Å²) in [7, 11) is -2.65. The zero-order valence-electron chi connectivity index (χ0n) is 16.8. The molecular formula is C22H20N2O6S. The second-order valence-electron chi connectivity index (χ2n) is 6.51. The van der Waals surface area contributed by atoms with Crippen LogP contribution in [0.2, 0.25) is 0 Å². The first kappa shape index (κ1) is 21.8. The van der Waals surface area contributed by atoms with Crippen LogP contribution >= 0.6 is 0 Å². The number of benzene rings is 3. The highest BCUT2D eigenvalue weighted by Gasteiger charge is 2.19. The molecule has 0 aliphatic carbocycles. The topological polar surface area (TPSA) is 114 Å². The van der Waals surface area contributed by atoms with Gasteiger partial charge in [-0.25, -0.2) is 5.43 Å². The summed E-state index contributed by atoms with van der Waals surface area (Å²) in [4.78, 5) is 12.1. The number of aryl methyl sites for hydroxylation is 1. The molecular weight excluding hydrogens is 420 g/mol. The fourth-order valence-electron chi connectivity index (χ4n) is 2.58. The van der Waals surface area contributed by atoms with Crippen molar-refractivity contribution in [3.8, 4) is 17.2 Å². The van der Waals surface area contributed by atoms with Crippen molar-refractivity contribution in [2.24, 2.45) is 5.10 Å². The van der Waals surface area contributed by atoms with Gasteiger partial charge in [0.1, 0.15) is 10.6 Å². The minimum absolute atomic E-state index is 0.0176. The van der Waals surface area contributed by atoms with Gasteiger partial charge >= 0.3 is 10.1 Å². The number of nitrogens with one attached hydrogen (secondary N) is 1. The van der Waals surface area contributed by atoms with Gasteiger partial charge in [0.15, 0.2) is 11.5 Å². The van der Waals surface area contributed by atoms with Gasteiger partial charge in [-0.15, -0.1) is 0 Å². The van der Waals surface area contributed by atoms with Gasteiger partial charge in [0.2, 0.25) is 0 Å². The number of amides is 1. The lowest BCUT2D eigenvalue weighted by molar-refractivity contribution is 0.0954. The van der Waals surface area contributed by atoms with Crippen molar-refractivity contribution in [2.75, 3.05) is 7.11 Å². The monoisotopic (exact) mass is 440 g/mol. The number of aromatic hydroxyl groups is 1. The largest absolute Gasteiger partial charge is 0.508 e. The van der Waals surface area contributed by atoms with Crippen molar-refractivity contribution in [2.45, 2.75) is 11.8 Å². The highest BCUT2D eigenvalue weighted by molar-refractivity contribution is 7.87. The van der Waals surface area contributed by atoms with Crippen LogP contribution in [0.1, 0.15) is 21.5 Å². The molecule has 0 bridgehead atoms. The van der Waals surface area contributed by atoms with Gasteiger partial charge in [-0.1, -0.05) is 23.8 Å². The number of methoxy groups -OCH3 is 1. The second-order valence-corrected chi connectivity index (χ2v) is 8.06. The lowest BCUT2D eigenvalue weighted by Gasteiger charge is -2.11. The predicted octanol–water partition coefficient (Wildman–Crippen LogP) is 3.24. The number of carbonyl (C=O) groups is 1. The summed E-state index contributed by atoms with van der Waals surface area (Å²) in [5, 5.41) is 13.3. The van der Waals surface area contributed by atoms with Crippen molar-refractivity contribution < 1.29 is 27.2 Å². The maximum Gasteiger partial charge on any atom is 0.339 e. The molecule has 0 fully saturated rings. The number of carbonyl (C=O) groups excluding carboxylic acids is 1. The third kappa shape index (κ3) is 5.61. The van der Waals surface area contributed by atoms with Gasteiger partial charge in [-0.2, -0.15) is 13.5 Å². The van der Waals surface area contributed by atoms with E-state index < -0.39 is 16.0 Å². The van der Waals surface area contributed by atoms with E-state index in [1.165, 1.54) is 55.8 Å². The van der Waals surface area contributed by atoms with E-state index in [1.807, 2.05) is 6.92 Å². The summed E-state index contributed by atoms with van der Waals surface area (Å²) in [6, 6.07) is 16.6. The van der Waals surface area contributed by atoms with Crippen LogP contribution in [0.15, 0.2) is 76.7 Å². The Labute approximate surface area is 179 Å². The molecule has 3 aromatic carbocycles. The number of rotatable bonds is 7. The molecule has 0 spiro atoms. The van der Waals surface area contributed by atoms with Crippen LogP contribution in [0, 0.1) is 6.92 Å². The quantitative estimate of drug-likeness (QED) is 0.331. The van der Waals surface area contributed by atoms with E-state index in [0.717, 1.165) is 5.56 Å². The highest BCUT2D eigenvalue weighted by atomic mass is 32.2. The number of phenols is 1. The third-order valence-corrected chi connectivity index (χ3v) is 5.43. The summed E-state index contributed by atoms with van der Waals surface area (Å²) in [6.45, 7) is 1.85. The Bertz CT molecular complexity index is 1220. The molecule has 0 saturated carbocycles. The molecule has 2 N–H and O–H groups in total. The van der Waals surface area contributed by atoms with Crippen molar-refractivity contribution in [3.05, 3.63) is 83.4 Å². The number of ether oxygens (including phenoxy) is 1. The zero-order valence-corrected chi connectivity index (χ0v) is 17.6. The number of nitrogens with zero attached hydrogens (tertiary/aromatic N) is 1. The zero-order chi connectivity index (χ0) is 22.4. The van der Waals surface area contributed by atoms with Crippen LogP contribution < -0.4 is 14.3 Å². The van der Waals surface area contributed by atoms with Crippen LogP contribution in [-0.2, 0) is 10.1 Å². The van der Waals surface area contributed by atoms with E-state index in [1.54, 1.807) is 24.3 Å². The molecule has 0 unspecified atom stereocenters. The third-order valence-electron chi connectivity index (χ3n) is 4.18. The van der Waals surface area contributed by atoms with Crippen LogP contribution in [-0.4, -0.2) is 32.8 Å². The van der Waals surface area contributed by atoms with Gasteiger partial charge < -0.3 is 14.0 Å². The molecule has 0 radical (unpaired) electrons. The van der Waals surface area contributed by atoms with Gasteiger partial charge in [0.05, 0.1) is 13.3 Å². The molecule has 31 heavy (non-hydrogen) atoms. The molecule has 0 saturated heterocycles. The number of hydrogen-bond donors (Lipinski definition) is 2. The molecule has 9 heteroatoms. The van der Waals surface area contributed by atoms with E-state index in [4.69, 9.17) is 8.92 Å². The molecule has 1 amide bonds. The van der Waals surface area contributed by atoms with Crippen LogP contribution in [0.5, 0.6) is 17.2 Å². The van der Waals surface area contributed by atoms with Crippen LogP contribution in [0.25, 0.3) is 0 Å². The average Bonchev–Trinajstić information content (AvgIpc) is 2.74. The lowest BCUT2D eigenvalue weighted by atomic mass is 10.2. The lowest BCUT2D eigenvalue weighted by Crippen LogP contribution is -2.17. The van der Waals surface area contributed by atoms with E-state index in [2.05, 4.69) is 10.5 Å². The molecule has 0 aliphatic rings. The molecule has 0 aromatic heterocycles. The molecule has 160 valence electrons. The average molecular weight is 440 g/mol. The molecule has 0 heterocycles. The smallest absolute Gasteiger partial charge is 0.339 e. The predicted molar refractivity (Wildman–Crippen MR) is 115 cm³/mol. The summed E-state index contributed by atoms with van der Waals surface area (Å²) in [5.41, 5.74) is 4.05. The Morgan fingerprint density at radius 2 is 1.77 bits per heavy atom. The molecule has 3 aromatic rings. The summed E-state index contributed by atoms with van der Waals surface area (Å²) in [5.74, 6) is -0.330. The molecule has 0 atom stereocenters. The highest BCUT2D eigenvalue weighted by Crippen LogP contribution is 2.30. The molecule has 3 rings (SSSR count). The Kier molecular flexibility index (Phi) is 6.56. The van der Waals surface area contributed by atoms with E-state index >= 15 is 0 Å². The number of phenolic OH excluding ortho intramolecular Hbond substituents is 1. The Hall–Kier alpha value is -3.85. The molecule has 8 nitrogen and oxygen atoms in total. The van der Waals surface area contributed by atoms with Crippen molar-refractivity contribution >= 4 is 22.2 Å². The second kappa shape index (κ2) is 9.31. The van der Waals surface area contributed by atoms with Crippen LogP contribution in [0.3, 0.4) is 0 Å². The Balaban J connectivity index is 1.73. The van der Waals surface area contributed by atoms with E-state index in [9.17, 15) is 18.3 Å². The van der Waals surface area contributed by atoms with Crippen molar-refractivity contribution in [1.82, 2.24) is 5.43 Å². The minimum atomic E-state index is -4.03. The standard InChI is InChI=1S/C22H20N2O6S/c1-15-6-9-19(10-7-15)31(27,28)30-20-11-8-16(12-21(20)29-2)14-23-24-22(26)17-4-3-5-18(25)13-17/h3-14,25H,1-2H3,(H,24,26)/b23-14-. The Morgan fingerprint density at radius 1 is 1.03 bits per heavy atom. The summed E-state index contributed by atoms with van der Waals surface area (Å²) < 4.78 is 35.5. The Morgan fingerprint density at radius 3 is 2.45 bits per heavy atom. The fraction of sp³-hybridized carbons (Fsp3) is 0.0909. The van der Waals surface area contributed by atoms with Crippen molar-refractivity contribution in [3.63, 3.8) is 0 Å². The van der Waals surface area contributed by atoms with Crippen molar-refractivity contribution in [1.29, 1.82) is 0 Å². The fourth-order valence-corrected chi connectivity index (χ4v) is 3.52. The maximum atomic E-state index is 12.5. The number of hydrazone groups is 1. The minimum Gasteiger partial charge on any atom is -0.508 e. The van der Waals surface area contributed by atoms with Gasteiger partial charge in [0, 0.05) is 5.56 Å². The molecule has 0 aliphatic heterocycles. The van der Waals surface area contributed by atoms with Gasteiger partial charge in [-0.05, 0) is 61.0 Å². The van der Waals surface area contributed by atoms with Gasteiger partial charge in [-0.3, -0.25) is 4.79 Å². The first-order valence-electron chi connectivity index (χ1n) is 9.10. The van der Waals surface area contributed by atoms with E-state index in [-0.39, 0.29) is 27.7 Å². The SMILES string of the molecule is COc1cc(/C=N\NC(=O)c2cccc(O)c2)ccc1OS(=O)(=O)c1ccc(C)cc1. The maximum absolute atomic E-state index is 12.5. The summed E-state index contributed by atoms with van der Waals surface area (Å²) in [6.07, 6.45) is 1.36. The van der Waals surface area contributed by atoms with Gasteiger partial charge in [0.25, 0.3) is 5.91 Å². The van der Waals surface area contributed by atoms with Crippen LogP contribution in [0.4, 0.5) is 0 Å². The number of hydrogen-bond acceptors (Lipinski definition) is 7.